The lowest BCUT2D eigenvalue weighted by Crippen LogP contribution is -2.31. The molecule has 2 rings (SSSR count). The van der Waals surface area contributed by atoms with Crippen LogP contribution in [0.1, 0.15) is 50.7 Å². The second-order valence-electron chi connectivity index (χ2n) is 8.45. The van der Waals surface area contributed by atoms with Crippen LogP contribution in [0, 0.1) is 5.92 Å². The minimum atomic E-state index is -0.933. The molecular weight excluding hydrogens is 452 g/mol. The molecule has 2 aromatic carbocycles. The van der Waals surface area contributed by atoms with Gasteiger partial charge in [0.05, 0.1) is 12.8 Å². The summed E-state index contributed by atoms with van der Waals surface area (Å²) in [4.78, 5) is 23.9. The molecule has 0 aliphatic carbocycles. The van der Waals surface area contributed by atoms with Crippen LogP contribution in [0.2, 0.25) is 0 Å². The van der Waals surface area contributed by atoms with Gasteiger partial charge in [0.2, 0.25) is 5.91 Å². The number of benzene rings is 2. The average Bonchev–Trinajstić information content (AvgIpc) is 2.80. The summed E-state index contributed by atoms with van der Waals surface area (Å²) in [6, 6.07) is 14.2. The van der Waals surface area contributed by atoms with Gasteiger partial charge < -0.3 is 20.5 Å². The maximum Gasteiger partial charge on any atom is 0.326 e. The van der Waals surface area contributed by atoms with E-state index in [0.29, 0.717) is 36.7 Å². The van der Waals surface area contributed by atoms with Gasteiger partial charge >= 0.3 is 5.97 Å². The predicted octanol–water partition coefficient (Wildman–Crippen LogP) is 5.61. The molecule has 0 radical (unpaired) electrons. The summed E-state index contributed by atoms with van der Waals surface area (Å²) in [5.74, 6) is 0.193. The number of aliphatic carboxylic acids is 1. The van der Waals surface area contributed by atoms with Crippen LogP contribution >= 0.6 is 12.4 Å². The number of carboxylic acids is 1. The summed E-state index contributed by atoms with van der Waals surface area (Å²) in [7, 11) is 1.55. The number of methoxy groups -OCH3 is 1. The lowest BCUT2D eigenvalue weighted by Gasteiger charge is -2.19. The van der Waals surface area contributed by atoms with E-state index >= 15 is 0 Å². The molecule has 6 nitrogen and oxygen atoms in total. The molecule has 2 aromatic rings. The van der Waals surface area contributed by atoms with Gasteiger partial charge in [-0.25, -0.2) is 4.79 Å². The molecule has 34 heavy (non-hydrogen) atoms. The molecule has 0 fully saturated rings. The number of carboxylic acid groups (broad SMARTS) is 1. The number of nitrogens with one attached hydrogen (secondary N) is 2. The molecule has 0 heterocycles. The first-order chi connectivity index (χ1) is 15.9. The fraction of sp³-hybridized carbons (Fsp3) is 0.407. The lowest BCUT2D eigenvalue weighted by atomic mass is 10.1. The van der Waals surface area contributed by atoms with E-state index in [9.17, 15) is 14.7 Å². The first-order valence-corrected chi connectivity index (χ1v) is 11.5. The Balaban J connectivity index is 0.00000578. The van der Waals surface area contributed by atoms with E-state index in [1.807, 2.05) is 42.5 Å². The van der Waals surface area contributed by atoms with Crippen molar-refractivity contribution in [1.29, 1.82) is 0 Å². The summed E-state index contributed by atoms with van der Waals surface area (Å²) < 4.78 is 5.47. The third-order valence-electron chi connectivity index (χ3n) is 5.21. The molecule has 1 atom stereocenters. The van der Waals surface area contributed by atoms with Crippen LogP contribution in [0.25, 0.3) is 0 Å². The van der Waals surface area contributed by atoms with Crippen LogP contribution in [0.3, 0.4) is 0 Å². The second kappa shape index (κ2) is 15.8. The van der Waals surface area contributed by atoms with Crippen LogP contribution < -0.4 is 15.4 Å². The monoisotopic (exact) mass is 488 g/mol. The Kier molecular flexibility index (Phi) is 13.5. The van der Waals surface area contributed by atoms with Gasteiger partial charge in [-0.2, -0.15) is 0 Å². The molecule has 0 spiro atoms. The molecule has 1 amide bonds. The number of carbonyl (C=O) groups is 2. The van der Waals surface area contributed by atoms with Gasteiger partial charge in [-0.05, 0) is 48.4 Å². The van der Waals surface area contributed by atoms with E-state index in [-0.39, 0.29) is 18.3 Å². The lowest BCUT2D eigenvalue weighted by molar-refractivity contribution is -0.137. The van der Waals surface area contributed by atoms with Crippen molar-refractivity contribution in [3.8, 4) is 5.75 Å². The van der Waals surface area contributed by atoms with Gasteiger partial charge in [-0.15, -0.1) is 12.4 Å². The van der Waals surface area contributed by atoms with E-state index in [1.54, 1.807) is 13.2 Å². The average molecular weight is 489 g/mol. The third kappa shape index (κ3) is 10.8. The summed E-state index contributed by atoms with van der Waals surface area (Å²) in [6.07, 6.45) is 8.08. The van der Waals surface area contributed by atoms with E-state index in [4.69, 9.17) is 4.74 Å². The number of anilines is 1. The quantitative estimate of drug-likeness (QED) is 0.237. The Morgan fingerprint density at radius 3 is 2.44 bits per heavy atom. The highest BCUT2D eigenvalue weighted by Gasteiger charge is 2.19. The Labute approximate surface area is 209 Å². The summed E-state index contributed by atoms with van der Waals surface area (Å²) in [6.45, 7) is 4.70. The fourth-order valence-electron chi connectivity index (χ4n) is 3.41. The predicted molar refractivity (Wildman–Crippen MR) is 140 cm³/mol. The number of ether oxygens (including phenoxy) is 1. The van der Waals surface area contributed by atoms with Crippen molar-refractivity contribution < 1.29 is 19.4 Å². The second-order valence-corrected chi connectivity index (χ2v) is 8.45. The van der Waals surface area contributed by atoms with Crippen molar-refractivity contribution in [2.24, 2.45) is 5.92 Å². The van der Waals surface area contributed by atoms with Gasteiger partial charge in [0.25, 0.3) is 0 Å². The van der Waals surface area contributed by atoms with Crippen LogP contribution in [-0.2, 0) is 22.6 Å². The third-order valence-corrected chi connectivity index (χ3v) is 5.21. The SMILES string of the molecule is COc1cc(CNC(=O)CCCC/C=C/C(C)C)ccc1N[C@@H](Cc1ccccc1)C(=O)O.Cl. The van der Waals surface area contributed by atoms with Crippen LogP contribution in [0.15, 0.2) is 60.7 Å². The van der Waals surface area contributed by atoms with E-state index in [1.165, 1.54) is 0 Å². The Hall–Kier alpha value is -2.99. The molecule has 0 bridgehead atoms. The molecule has 0 saturated carbocycles. The number of allylic oxidation sites excluding steroid dienone is 2. The van der Waals surface area contributed by atoms with Gasteiger partial charge in [-0.3, -0.25) is 4.79 Å². The van der Waals surface area contributed by atoms with Gasteiger partial charge in [0.15, 0.2) is 0 Å². The standard InChI is InChI=1S/C27H36N2O4.ClH/c1-20(2)11-7-4-5-10-14-26(30)28-19-22-15-16-23(25(18-22)33-3)29-24(27(31)32)17-21-12-8-6-9-13-21;/h6-9,11-13,15-16,18,20,24,29H,4-5,10,14,17,19H2,1-3H3,(H,28,30)(H,31,32);1H/b11-7+;/t24-;/m0./s1. The number of rotatable bonds is 14. The number of hydrogen-bond donors (Lipinski definition) is 3. The highest BCUT2D eigenvalue weighted by Crippen LogP contribution is 2.27. The van der Waals surface area contributed by atoms with Crippen molar-refractivity contribution >= 4 is 30.0 Å². The summed E-state index contributed by atoms with van der Waals surface area (Å²) in [5.41, 5.74) is 2.43. The van der Waals surface area contributed by atoms with Crippen LogP contribution in [-0.4, -0.2) is 30.1 Å². The Morgan fingerprint density at radius 2 is 1.79 bits per heavy atom. The van der Waals surface area contributed by atoms with Crippen LogP contribution in [0.4, 0.5) is 5.69 Å². The van der Waals surface area contributed by atoms with Crippen molar-refractivity contribution in [3.63, 3.8) is 0 Å². The van der Waals surface area contributed by atoms with Crippen molar-refractivity contribution in [3.05, 3.63) is 71.8 Å². The topological polar surface area (TPSA) is 87.7 Å². The highest BCUT2D eigenvalue weighted by atomic mass is 35.5. The van der Waals surface area contributed by atoms with Gasteiger partial charge in [0.1, 0.15) is 11.8 Å². The highest BCUT2D eigenvalue weighted by molar-refractivity contribution is 5.85. The normalized spacial score (nSPS) is 11.6. The maximum absolute atomic E-state index is 12.1. The zero-order valence-electron chi connectivity index (χ0n) is 20.3. The maximum atomic E-state index is 12.1. The summed E-state index contributed by atoms with van der Waals surface area (Å²) in [5, 5.41) is 15.7. The van der Waals surface area contributed by atoms with E-state index in [0.717, 1.165) is 30.4 Å². The number of amides is 1. The van der Waals surface area contributed by atoms with Gasteiger partial charge in [-0.1, -0.05) is 62.4 Å². The smallest absolute Gasteiger partial charge is 0.326 e. The van der Waals surface area contributed by atoms with E-state index < -0.39 is 12.0 Å². The van der Waals surface area contributed by atoms with Crippen molar-refractivity contribution in [1.82, 2.24) is 5.32 Å². The molecule has 0 aromatic heterocycles. The van der Waals surface area contributed by atoms with Crippen LogP contribution in [0.5, 0.6) is 5.75 Å². The largest absolute Gasteiger partial charge is 0.495 e. The van der Waals surface area contributed by atoms with Crippen molar-refractivity contribution in [2.45, 2.75) is 58.5 Å². The van der Waals surface area contributed by atoms with E-state index in [2.05, 4.69) is 36.6 Å². The number of carbonyl (C=O) groups excluding carboxylic acids is 1. The minimum Gasteiger partial charge on any atom is -0.495 e. The Bertz CT molecular complexity index is 916. The summed E-state index contributed by atoms with van der Waals surface area (Å²) >= 11 is 0. The minimum absolute atomic E-state index is 0. The molecule has 0 aliphatic rings. The molecule has 0 unspecified atom stereocenters. The Morgan fingerprint density at radius 1 is 1.06 bits per heavy atom. The first kappa shape index (κ1) is 29.0. The molecule has 7 heteroatoms. The molecule has 186 valence electrons. The molecule has 3 N–H and O–H groups in total. The fourth-order valence-corrected chi connectivity index (χ4v) is 3.41. The zero-order valence-corrected chi connectivity index (χ0v) is 21.1. The zero-order chi connectivity index (χ0) is 24.1. The molecular formula is C27H37ClN2O4. The van der Waals surface area contributed by atoms with Gasteiger partial charge in [0, 0.05) is 19.4 Å². The van der Waals surface area contributed by atoms with Crippen molar-refractivity contribution in [2.75, 3.05) is 12.4 Å². The molecule has 0 aliphatic heterocycles. The number of halogens is 1. The first-order valence-electron chi connectivity index (χ1n) is 11.5. The molecule has 0 saturated heterocycles. The number of unbranched alkanes of at least 4 members (excludes halogenated alkanes) is 2. The number of hydrogen-bond acceptors (Lipinski definition) is 4.